The van der Waals surface area contributed by atoms with E-state index < -0.39 is 12.1 Å². The highest BCUT2D eigenvalue weighted by atomic mass is 19.1. The van der Waals surface area contributed by atoms with E-state index in [4.69, 9.17) is 5.73 Å². The third kappa shape index (κ3) is 3.95. The Bertz CT molecular complexity index is 1040. The van der Waals surface area contributed by atoms with Crippen LogP contribution in [0.3, 0.4) is 0 Å². The van der Waals surface area contributed by atoms with Crippen molar-refractivity contribution >= 4 is 17.1 Å². The van der Waals surface area contributed by atoms with Gasteiger partial charge in [0.2, 0.25) is 0 Å². The van der Waals surface area contributed by atoms with Crippen LogP contribution in [0, 0.1) is 12.8 Å². The number of hydrogen-bond acceptors (Lipinski definition) is 3. The first-order chi connectivity index (χ1) is 14.1. The first-order valence-corrected chi connectivity index (χ1v) is 9.72. The summed E-state index contributed by atoms with van der Waals surface area (Å²) in [5, 5.41) is 7.58. The van der Waals surface area contributed by atoms with Crippen molar-refractivity contribution < 1.29 is 9.18 Å². The number of fused-ring (bicyclic) bond motifs is 1. The van der Waals surface area contributed by atoms with Crippen molar-refractivity contribution in [1.82, 2.24) is 9.61 Å². The molecule has 1 aromatic carbocycles. The molecule has 2 atom stereocenters. The maximum absolute atomic E-state index is 14.2. The fourth-order valence-electron chi connectivity index (χ4n) is 3.92. The summed E-state index contributed by atoms with van der Waals surface area (Å²) in [6.07, 6.45) is 13.5. The largest absolute Gasteiger partial charge is 0.377 e. The normalized spacial score (nSPS) is 18.2. The molecule has 0 aliphatic heterocycles. The second kappa shape index (κ2) is 8.78. The molecule has 1 saturated carbocycles. The number of primary amides is 1. The molecule has 3 N–H and O–H groups in total. The molecule has 4 rings (SSSR count). The van der Waals surface area contributed by atoms with E-state index in [0.29, 0.717) is 12.1 Å². The number of aryl methyl sites for hydroxylation is 1. The Morgan fingerprint density at radius 3 is 2.76 bits per heavy atom. The van der Waals surface area contributed by atoms with Crippen molar-refractivity contribution in [2.45, 2.75) is 44.8 Å². The number of terminal acetylenes is 1. The monoisotopic (exact) mass is 392 g/mol. The van der Waals surface area contributed by atoms with Crippen LogP contribution in [-0.4, -0.2) is 27.7 Å². The molecule has 150 valence electrons. The number of anilines is 1. The minimum absolute atomic E-state index is 0.287. The maximum Gasteiger partial charge on any atom is 0.252 e. The molecule has 0 bridgehead atoms. The summed E-state index contributed by atoms with van der Waals surface area (Å²) in [7, 11) is 0. The first-order valence-electron chi connectivity index (χ1n) is 9.72. The van der Waals surface area contributed by atoms with E-state index >= 15 is 0 Å². The molecule has 0 unspecified atom stereocenters. The Labute approximate surface area is 170 Å². The third-order valence-corrected chi connectivity index (χ3v) is 5.37. The van der Waals surface area contributed by atoms with Gasteiger partial charge in [0.25, 0.3) is 5.91 Å². The van der Waals surface area contributed by atoms with Gasteiger partial charge in [-0.3, -0.25) is 4.79 Å². The standard InChI is InChI=1S/C21H23FN4O.C2H2/c1-2-13-6-3-4-7-15(13)14-10-19-20(25-18-9-5-8-17(18)22)16(21(23)27)11-24-26(19)12-14;1-2/h3-4,6-7,10-12,17-18,25H,2,5,8-9H2,1H3,(H2,23,27);1-2H/t17-,18+;/m0./s1. The Kier molecular flexibility index (Phi) is 6.18. The molecule has 1 aliphatic rings. The topological polar surface area (TPSA) is 72.4 Å². The number of amides is 1. The van der Waals surface area contributed by atoms with Crippen LogP contribution < -0.4 is 11.1 Å². The quantitative estimate of drug-likeness (QED) is 0.639. The molecule has 1 aliphatic carbocycles. The summed E-state index contributed by atoms with van der Waals surface area (Å²) in [4.78, 5) is 11.9. The SMILES string of the molecule is C#C.CCc1ccccc1-c1cc2c(N[C@@H]3CCC[C@@H]3F)c(C(N)=O)cnn2c1. The molecule has 2 aromatic heterocycles. The number of nitrogens with two attached hydrogens (primary N) is 1. The lowest BCUT2D eigenvalue weighted by molar-refractivity contribution is 0.100. The highest BCUT2D eigenvalue weighted by Gasteiger charge is 2.29. The fraction of sp³-hybridized carbons (Fsp3) is 0.304. The van der Waals surface area contributed by atoms with E-state index in [-0.39, 0.29) is 11.6 Å². The van der Waals surface area contributed by atoms with Gasteiger partial charge in [0.1, 0.15) is 6.17 Å². The zero-order valence-corrected chi connectivity index (χ0v) is 16.4. The lowest BCUT2D eigenvalue weighted by atomic mass is 10.0. The smallest absolute Gasteiger partial charge is 0.252 e. The number of carbonyl (C=O) groups is 1. The van der Waals surface area contributed by atoms with Gasteiger partial charge in [0.15, 0.2) is 0 Å². The predicted molar refractivity (Wildman–Crippen MR) is 115 cm³/mol. The van der Waals surface area contributed by atoms with Crippen LogP contribution >= 0.6 is 0 Å². The van der Waals surface area contributed by atoms with Gasteiger partial charge in [-0.05, 0) is 42.9 Å². The van der Waals surface area contributed by atoms with Gasteiger partial charge in [-0.2, -0.15) is 5.10 Å². The Hall–Kier alpha value is -3.33. The van der Waals surface area contributed by atoms with Gasteiger partial charge in [-0.15, -0.1) is 12.8 Å². The number of alkyl halides is 1. The van der Waals surface area contributed by atoms with Crippen LogP contribution in [0.25, 0.3) is 16.6 Å². The Morgan fingerprint density at radius 2 is 2.10 bits per heavy atom. The average molecular weight is 392 g/mol. The van der Waals surface area contributed by atoms with Crippen molar-refractivity contribution in [2.24, 2.45) is 5.73 Å². The second-order valence-corrected chi connectivity index (χ2v) is 7.06. The molecule has 0 spiro atoms. The summed E-state index contributed by atoms with van der Waals surface area (Å²) in [5.41, 5.74) is 10.5. The van der Waals surface area contributed by atoms with E-state index in [1.165, 1.54) is 11.8 Å². The van der Waals surface area contributed by atoms with Gasteiger partial charge in [-0.25, -0.2) is 8.91 Å². The molecule has 1 fully saturated rings. The molecular weight excluding hydrogens is 367 g/mol. The lowest BCUT2D eigenvalue weighted by Gasteiger charge is -2.19. The molecule has 2 heterocycles. The maximum atomic E-state index is 14.2. The average Bonchev–Trinajstić information content (AvgIpc) is 3.36. The number of hydrogen-bond donors (Lipinski definition) is 2. The molecule has 0 saturated heterocycles. The van der Waals surface area contributed by atoms with Crippen LogP contribution in [0.4, 0.5) is 10.1 Å². The number of benzene rings is 1. The van der Waals surface area contributed by atoms with Gasteiger partial charge < -0.3 is 11.1 Å². The first kappa shape index (κ1) is 20.4. The fourth-order valence-corrected chi connectivity index (χ4v) is 3.92. The number of carbonyl (C=O) groups excluding carboxylic acids is 1. The molecule has 0 radical (unpaired) electrons. The highest BCUT2D eigenvalue weighted by Crippen LogP contribution is 2.33. The number of nitrogens with zero attached hydrogens (tertiary/aromatic N) is 2. The van der Waals surface area contributed by atoms with Gasteiger partial charge >= 0.3 is 0 Å². The highest BCUT2D eigenvalue weighted by molar-refractivity contribution is 6.02. The molecule has 3 aromatic rings. The van der Waals surface area contributed by atoms with Gasteiger partial charge in [-0.1, -0.05) is 31.2 Å². The molecular formula is C23H25FN4O. The summed E-state index contributed by atoms with van der Waals surface area (Å²) >= 11 is 0. The van der Waals surface area contributed by atoms with Crippen molar-refractivity contribution in [3.63, 3.8) is 0 Å². The minimum Gasteiger partial charge on any atom is -0.377 e. The third-order valence-electron chi connectivity index (χ3n) is 5.37. The van der Waals surface area contributed by atoms with Crippen LogP contribution in [-0.2, 0) is 6.42 Å². The number of nitrogens with one attached hydrogen (secondary N) is 1. The Balaban J connectivity index is 0.00000117. The van der Waals surface area contributed by atoms with E-state index in [1.54, 1.807) is 4.52 Å². The Morgan fingerprint density at radius 1 is 1.34 bits per heavy atom. The van der Waals surface area contributed by atoms with Crippen molar-refractivity contribution in [1.29, 1.82) is 0 Å². The van der Waals surface area contributed by atoms with E-state index in [1.807, 2.05) is 24.4 Å². The van der Waals surface area contributed by atoms with Crippen LogP contribution in [0.1, 0.15) is 42.1 Å². The summed E-state index contributed by atoms with van der Waals surface area (Å²) < 4.78 is 15.9. The molecule has 1 amide bonds. The summed E-state index contributed by atoms with van der Waals surface area (Å²) in [6.45, 7) is 2.12. The zero-order chi connectivity index (χ0) is 21.0. The second-order valence-electron chi connectivity index (χ2n) is 7.06. The number of aromatic nitrogens is 2. The van der Waals surface area contributed by atoms with E-state index in [2.05, 4.69) is 42.3 Å². The minimum atomic E-state index is -0.922. The van der Waals surface area contributed by atoms with Crippen LogP contribution in [0.15, 0.2) is 42.7 Å². The van der Waals surface area contributed by atoms with Crippen molar-refractivity contribution in [2.75, 3.05) is 5.32 Å². The van der Waals surface area contributed by atoms with E-state index in [0.717, 1.165) is 35.9 Å². The van der Waals surface area contributed by atoms with Crippen molar-refractivity contribution in [3.05, 3.63) is 53.9 Å². The lowest BCUT2D eigenvalue weighted by Crippen LogP contribution is -2.27. The van der Waals surface area contributed by atoms with E-state index in [9.17, 15) is 9.18 Å². The molecule has 5 nitrogen and oxygen atoms in total. The van der Waals surface area contributed by atoms with Crippen molar-refractivity contribution in [3.8, 4) is 24.0 Å². The van der Waals surface area contributed by atoms with Gasteiger partial charge in [0, 0.05) is 11.8 Å². The van der Waals surface area contributed by atoms with Crippen LogP contribution in [0.2, 0.25) is 0 Å². The number of halogens is 1. The predicted octanol–water partition coefficient (Wildman–Crippen LogP) is 4.21. The van der Waals surface area contributed by atoms with Crippen LogP contribution in [0.5, 0.6) is 0 Å². The molecule has 6 heteroatoms. The summed E-state index contributed by atoms with van der Waals surface area (Å²) in [5.74, 6) is -0.572. The number of rotatable bonds is 5. The molecule has 29 heavy (non-hydrogen) atoms. The summed E-state index contributed by atoms with van der Waals surface area (Å²) in [6, 6.07) is 9.88. The zero-order valence-electron chi connectivity index (χ0n) is 16.4. The van der Waals surface area contributed by atoms with Gasteiger partial charge in [0.05, 0.1) is 29.0 Å².